The Labute approximate surface area is 89.7 Å². The number of benzene rings is 1. The third kappa shape index (κ3) is 2.49. The van der Waals surface area contributed by atoms with E-state index in [9.17, 15) is 22.0 Å². The van der Waals surface area contributed by atoms with Crippen LogP contribution in [-0.4, -0.2) is 24.4 Å². The Morgan fingerprint density at radius 3 is 2.00 bits per heavy atom. The van der Waals surface area contributed by atoms with Gasteiger partial charge in [-0.1, -0.05) is 30.3 Å². The van der Waals surface area contributed by atoms with Gasteiger partial charge in [0.05, 0.1) is 7.05 Å². The van der Waals surface area contributed by atoms with Gasteiger partial charge in [0.2, 0.25) is 0 Å². The Hall–Kier alpha value is -1.17. The second kappa shape index (κ2) is 4.37. The van der Waals surface area contributed by atoms with Crippen molar-refractivity contribution >= 4 is 0 Å². The first-order chi connectivity index (χ1) is 7.27. The molecule has 1 aromatic carbocycles. The molecule has 16 heavy (non-hydrogen) atoms. The van der Waals surface area contributed by atoms with E-state index in [1.165, 1.54) is 24.3 Å². The topological polar surface area (TPSA) is 0 Å². The highest BCUT2D eigenvalue weighted by Crippen LogP contribution is 2.34. The van der Waals surface area contributed by atoms with Crippen molar-refractivity contribution in [3.63, 3.8) is 0 Å². The molecule has 0 amide bonds. The first kappa shape index (κ1) is 12.9. The van der Waals surface area contributed by atoms with Crippen LogP contribution in [0.4, 0.5) is 22.0 Å². The van der Waals surface area contributed by atoms with Crippen molar-refractivity contribution < 1.29 is 26.4 Å². The first-order valence-corrected chi connectivity index (χ1v) is 4.51. The molecule has 1 nitrogen and oxygen atoms in total. The van der Waals surface area contributed by atoms with E-state index in [0.717, 1.165) is 0 Å². The molecule has 0 N–H and O–H groups in total. The Kier molecular flexibility index (Phi) is 3.52. The lowest BCUT2D eigenvalue weighted by Gasteiger charge is -2.33. The standard InChI is InChI=1S/C10H11F5N/c1-16(9(11)12,10(13,14)15)7-8-5-3-2-4-6-8/h2-6,9H,7H2,1H3/q+1. The zero-order chi connectivity index (χ0) is 12.4. The molecule has 0 fully saturated rings. The maximum absolute atomic E-state index is 12.5. The number of rotatable bonds is 3. The van der Waals surface area contributed by atoms with Gasteiger partial charge in [0.1, 0.15) is 6.54 Å². The summed E-state index contributed by atoms with van der Waals surface area (Å²) in [5.74, 6) is 0. The molecule has 0 saturated carbocycles. The number of alkyl halides is 5. The van der Waals surface area contributed by atoms with E-state index in [2.05, 4.69) is 0 Å². The van der Waals surface area contributed by atoms with Gasteiger partial charge in [-0.25, -0.2) is 0 Å². The highest BCUT2D eigenvalue weighted by Gasteiger charge is 2.57. The zero-order valence-electron chi connectivity index (χ0n) is 8.51. The normalized spacial score (nSPS) is 16.2. The summed E-state index contributed by atoms with van der Waals surface area (Å²) < 4.78 is 60.4. The molecule has 0 heterocycles. The fourth-order valence-electron chi connectivity index (χ4n) is 1.23. The van der Waals surface area contributed by atoms with Gasteiger partial charge in [-0.2, -0.15) is 13.3 Å². The monoisotopic (exact) mass is 240 g/mol. The minimum Gasteiger partial charge on any atom is -0.173 e. The average molecular weight is 240 g/mol. The minimum atomic E-state index is -4.98. The summed E-state index contributed by atoms with van der Waals surface area (Å²) >= 11 is 0. The quantitative estimate of drug-likeness (QED) is 0.431. The van der Waals surface area contributed by atoms with E-state index in [1.807, 2.05) is 0 Å². The lowest BCUT2D eigenvalue weighted by atomic mass is 10.2. The number of hydrogen-bond donors (Lipinski definition) is 0. The molecule has 1 aromatic rings. The van der Waals surface area contributed by atoms with Crippen LogP contribution in [0.15, 0.2) is 30.3 Å². The Morgan fingerprint density at radius 2 is 1.62 bits per heavy atom. The van der Waals surface area contributed by atoms with Crippen LogP contribution in [-0.2, 0) is 6.54 Å². The molecule has 0 aliphatic carbocycles. The van der Waals surface area contributed by atoms with E-state index < -0.39 is 23.9 Å². The van der Waals surface area contributed by atoms with Gasteiger partial charge in [0, 0.05) is 5.56 Å². The van der Waals surface area contributed by atoms with Crippen molar-refractivity contribution in [2.24, 2.45) is 0 Å². The van der Waals surface area contributed by atoms with Crippen molar-refractivity contribution in [3.05, 3.63) is 35.9 Å². The first-order valence-electron chi connectivity index (χ1n) is 4.51. The van der Waals surface area contributed by atoms with E-state index in [4.69, 9.17) is 0 Å². The third-order valence-electron chi connectivity index (χ3n) is 2.36. The van der Waals surface area contributed by atoms with Crippen molar-refractivity contribution in [2.75, 3.05) is 7.05 Å². The van der Waals surface area contributed by atoms with E-state index >= 15 is 0 Å². The largest absolute Gasteiger partial charge is 0.565 e. The second-order valence-corrected chi connectivity index (χ2v) is 3.66. The summed E-state index contributed by atoms with van der Waals surface area (Å²) in [6.45, 7) is -4.28. The number of nitrogens with zero attached hydrogens (tertiary/aromatic N) is 1. The van der Waals surface area contributed by atoms with Gasteiger partial charge in [-0.3, -0.25) is 0 Å². The van der Waals surface area contributed by atoms with Crippen LogP contribution >= 0.6 is 0 Å². The summed E-state index contributed by atoms with van der Waals surface area (Å²) in [6, 6.07) is 7.43. The molecular weight excluding hydrogens is 229 g/mol. The lowest BCUT2D eigenvalue weighted by molar-refractivity contribution is -1.06. The van der Waals surface area contributed by atoms with Crippen molar-refractivity contribution in [1.29, 1.82) is 0 Å². The van der Waals surface area contributed by atoms with Crippen LogP contribution in [0.3, 0.4) is 0 Å². The highest BCUT2D eigenvalue weighted by atomic mass is 19.4. The molecule has 1 atom stereocenters. The predicted octanol–water partition coefficient (Wildman–Crippen LogP) is 3.38. The van der Waals surface area contributed by atoms with Gasteiger partial charge < -0.3 is 0 Å². The Bertz CT molecular complexity index is 335. The van der Waals surface area contributed by atoms with Crippen molar-refractivity contribution in [1.82, 2.24) is 0 Å². The van der Waals surface area contributed by atoms with E-state index in [-0.39, 0.29) is 5.56 Å². The summed E-state index contributed by atoms with van der Waals surface area (Å²) in [5, 5.41) is 0. The van der Waals surface area contributed by atoms with Crippen LogP contribution in [0.25, 0.3) is 0 Å². The maximum Gasteiger partial charge on any atom is 0.565 e. The van der Waals surface area contributed by atoms with Gasteiger partial charge >= 0.3 is 12.8 Å². The van der Waals surface area contributed by atoms with Gasteiger partial charge in [-0.15, -0.1) is 13.2 Å². The summed E-state index contributed by atoms with van der Waals surface area (Å²) in [5.41, 5.74) is 0.225. The SMILES string of the molecule is C[N+](Cc1ccccc1)(C(F)F)C(F)(F)F. The molecule has 0 saturated heterocycles. The van der Waals surface area contributed by atoms with Crippen molar-refractivity contribution in [2.45, 2.75) is 19.4 Å². The molecule has 0 aromatic heterocycles. The molecule has 0 aliphatic heterocycles. The molecule has 0 spiro atoms. The van der Waals surface area contributed by atoms with Crippen LogP contribution in [0.2, 0.25) is 0 Å². The van der Waals surface area contributed by atoms with Crippen LogP contribution < -0.4 is 0 Å². The van der Waals surface area contributed by atoms with Gasteiger partial charge in [0.15, 0.2) is 0 Å². The number of hydrogen-bond acceptors (Lipinski definition) is 0. The number of halogens is 5. The van der Waals surface area contributed by atoms with Crippen LogP contribution in [0.5, 0.6) is 0 Å². The van der Waals surface area contributed by atoms with E-state index in [0.29, 0.717) is 7.05 Å². The lowest BCUT2D eigenvalue weighted by Crippen LogP contribution is -2.57. The van der Waals surface area contributed by atoms with Gasteiger partial charge in [-0.05, 0) is 0 Å². The smallest absolute Gasteiger partial charge is 0.173 e. The van der Waals surface area contributed by atoms with E-state index in [1.54, 1.807) is 6.07 Å². The summed E-state index contributed by atoms with van der Waals surface area (Å²) in [7, 11) is 0.484. The third-order valence-corrected chi connectivity index (χ3v) is 2.36. The summed E-state index contributed by atoms with van der Waals surface area (Å²) in [4.78, 5) is 0. The molecule has 1 unspecified atom stereocenters. The summed E-state index contributed by atoms with van der Waals surface area (Å²) in [6.07, 6.45) is -4.98. The average Bonchev–Trinajstić information content (AvgIpc) is 2.17. The van der Waals surface area contributed by atoms with Gasteiger partial charge in [0.25, 0.3) is 0 Å². The molecular formula is C10H11F5N+. The highest BCUT2D eigenvalue weighted by molar-refractivity contribution is 5.13. The van der Waals surface area contributed by atoms with Crippen LogP contribution in [0.1, 0.15) is 5.56 Å². The molecule has 1 rings (SSSR count). The molecule has 0 radical (unpaired) electrons. The molecule has 0 bridgehead atoms. The Morgan fingerprint density at radius 1 is 1.12 bits per heavy atom. The minimum absolute atomic E-state index is 0.225. The fraction of sp³-hybridized carbons (Fsp3) is 0.400. The van der Waals surface area contributed by atoms with Crippen molar-refractivity contribution in [3.8, 4) is 0 Å². The molecule has 6 heteroatoms. The predicted molar refractivity (Wildman–Crippen MR) is 48.4 cm³/mol. The maximum atomic E-state index is 12.5. The molecule has 0 aliphatic rings. The number of quaternary nitrogens is 1. The van der Waals surface area contributed by atoms with Crippen LogP contribution in [0, 0.1) is 0 Å². The Balaban J connectivity index is 2.98. The second-order valence-electron chi connectivity index (χ2n) is 3.66. The fourth-order valence-corrected chi connectivity index (χ4v) is 1.23. The molecule has 90 valence electrons. The zero-order valence-corrected chi connectivity index (χ0v) is 8.51.